The second kappa shape index (κ2) is 34.1. The maximum Gasteiger partial charge on any atom is 0.306 e. The number of esters is 2. The van der Waals surface area contributed by atoms with Crippen molar-refractivity contribution in [2.45, 2.75) is 154 Å². The molecule has 0 amide bonds. The third kappa shape index (κ3) is 32.7. The Hall–Kier alpha value is -2.97. The highest BCUT2D eigenvalue weighted by Crippen LogP contribution is 2.13. The number of carboxylic acids is 1. The third-order valence-corrected chi connectivity index (χ3v) is 8.41. The van der Waals surface area contributed by atoms with Gasteiger partial charge >= 0.3 is 11.9 Å². The van der Waals surface area contributed by atoms with Gasteiger partial charge in [0.15, 0.2) is 6.10 Å². The zero-order chi connectivity index (χ0) is 37.8. The molecule has 0 fully saturated rings. The monoisotopic (exact) mass is 716 g/mol. The van der Waals surface area contributed by atoms with Crippen LogP contribution in [0.3, 0.4) is 0 Å². The van der Waals surface area contributed by atoms with Crippen molar-refractivity contribution in [2.24, 2.45) is 0 Å². The third-order valence-electron chi connectivity index (χ3n) is 8.41. The van der Waals surface area contributed by atoms with Crippen molar-refractivity contribution in [1.82, 2.24) is 0 Å². The van der Waals surface area contributed by atoms with Gasteiger partial charge in [-0.2, -0.15) is 0 Å². The fourth-order valence-electron chi connectivity index (χ4n) is 5.38. The predicted molar refractivity (Wildman–Crippen MR) is 208 cm³/mol. The van der Waals surface area contributed by atoms with Gasteiger partial charge in [-0.1, -0.05) is 126 Å². The van der Waals surface area contributed by atoms with Gasteiger partial charge < -0.3 is 28.6 Å². The average Bonchev–Trinajstić information content (AvgIpc) is 3.08. The van der Waals surface area contributed by atoms with E-state index in [0.29, 0.717) is 12.8 Å². The maximum absolute atomic E-state index is 12.5. The Morgan fingerprint density at radius 2 is 1.08 bits per heavy atom. The summed E-state index contributed by atoms with van der Waals surface area (Å²) in [7, 11) is 5.36. The summed E-state index contributed by atoms with van der Waals surface area (Å²) in [6.07, 6.45) is 40.1. The molecular weight excluding hydrogens is 642 g/mol. The Kier molecular flexibility index (Phi) is 32.1. The van der Waals surface area contributed by atoms with Gasteiger partial charge in [0.05, 0.1) is 40.3 Å². The maximum atomic E-state index is 12.5. The van der Waals surface area contributed by atoms with Crippen LogP contribution in [0, 0.1) is 0 Å². The highest BCUT2D eigenvalue weighted by Gasteiger charge is 2.25. The molecule has 0 aromatic rings. The molecule has 292 valence electrons. The zero-order valence-electron chi connectivity index (χ0n) is 33.0. The van der Waals surface area contributed by atoms with Crippen LogP contribution in [0.15, 0.2) is 60.8 Å². The molecule has 8 nitrogen and oxygen atoms in total. The molecule has 0 saturated heterocycles. The average molecular weight is 716 g/mol. The Bertz CT molecular complexity index is 1020. The lowest BCUT2D eigenvalue weighted by atomic mass is 10.1. The van der Waals surface area contributed by atoms with Crippen LogP contribution in [0.1, 0.15) is 142 Å². The first-order chi connectivity index (χ1) is 24.6. The molecule has 0 aromatic heterocycles. The Labute approximate surface area is 311 Å². The number of hydrogen-bond acceptors (Lipinski definition) is 7. The second-order valence-electron chi connectivity index (χ2n) is 14.1. The van der Waals surface area contributed by atoms with Gasteiger partial charge in [-0.3, -0.25) is 9.59 Å². The van der Waals surface area contributed by atoms with Gasteiger partial charge in [-0.15, -0.1) is 0 Å². The number of ether oxygens (including phenoxy) is 3. The first kappa shape index (κ1) is 48.0. The summed E-state index contributed by atoms with van der Waals surface area (Å²) in [4.78, 5) is 36.5. The van der Waals surface area contributed by atoms with E-state index in [0.717, 1.165) is 51.4 Å². The Morgan fingerprint density at radius 3 is 1.61 bits per heavy atom. The van der Waals surface area contributed by atoms with Gasteiger partial charge in [0.2, 0.25) is 0 Å². The number of nitrogens with zero attached hydrogens (tertiary/aromatic N) is 1. The topological polar surface area (TPSA) is 102 Å². The number of quaternary nitrogens is 1. The van der Waals surface area contributed by atoms with Crippen LogP contribution in [0.2, 0.25) is 0 Å². The van der Waals surface area contributed by atoms with Crippen LogP contribution < -0.4 is 5.11 Å². The smallest absolute Gasteiger partial charge is 0.306 e. The quantitative estimate of drug-likeness (QED) is 0.0284. The summed E-state index contributed by atoms with van der Waals surface area (Å²) in [5.41, 5.74) is 0. The van der Waals surface area contributed by atoms with Crippen molar-refractivity contribution in [3.05, 3.63) is 60.8 Å². The lowest BCUT2D eigenvalue weighted by Crippen LogP contribution is -2.55. The molecular formula is C43H73NO7. The van der Waals surface area contributed by atoms with E-state index in [-0.39, 0.29) is 43.1 Å². The fraction of sp³-hybridized carbons (Fsp3) is 0.698. The lowest BCUT2D eigenvalue weighted by Gasteiger charge is -2.34. The minimum Gasteiger partial charge on any atom is -0.544 e. The summed E-state index contributed by atoms with van der Waals surface area (Å²) < 4.78 is 17.0. The molecule has 0 N–H and O–H groups in total. The number of allylic oxidation sites excluding steroid dienone is 10. The summed E-state index contributed by atoms with van der Waals surface area (Å²) >= 11 is 0. The first-order valence-corrected chi connectivity index (χ1v) is 19.8. The van der Waals surface area contributed by atoms with Crippen molar-refractivity contribution >= 4 is 17.9 Å². The number of carbonyl (C=O) groups is 3. The molecule has 0 aliphatic rings. The number of carboxylic acid groups (broad SMARTS) is 1. The van der Waals surface area contributed by atoms with Crippen LogP contribution in [-0.4, -0.2) is 75.5 Å². The van der Waals surface area contributed by atoms with Crippen molar-refractivity contribution in [3.63, 3.8) is 0 Å². The number of rotatable bonds is 34. The fourth-order valence-corrected chi connectivity index (χ4v) is 5.38. The predicted octanol–water partition coefficient (Wildman–Crippen LogP) is 8.91. The van der Waals surface area contributed by atoms with Crippen molar-refractivity contribution in [1.29, 1.82) is 0 Å². The molecule has 0 spiro atoms. The second-order valence-corrected chi connectivity index (χ2v) is 14.1. The van der Waals surface area contributed by atoms with Crippen molar-refractivity contribution in [2.75, 3.05) is 41.0 Å². The van der Waals surface area contributed by atoms with Crippen LogP contribution in [0.5, 0.6) is 0 Å². The lowest BCUT2D eigenvalue weighted by molar-refractivity contribution is -0.889. The molecule has 0 heterocycles. The molecule has 0 bridgehead atoms. The van der Waals surface area contributed by atoms with Gasteiger partial charge in [-0.05, 0) is 57.8 Å². The van der Waals surface area contributed by atoms with Gasteiger partial charge in [0.25, 0.3) is 0 Å². The first-order valence-electron chi connectivity index (χ1n) is 19.8. The molecule has 0 rings (SSSR count). The SMILES string of the molecule is CC/C=C/C/C=C/C/C=C/CCCCCCCCCCCCC(=O)OCC(COCCC(C(=O)[O-])[N+](C)(C)C)OC(=O)CC/C=C/C/C=C/CC. The molecule has 0 aliphatic heterocycles. The van der Waals surface area contributed by atoms with E-state index in [2.05, 4.69) is 62.5 Å². The molecule has 0 aromatic carbocycles. The van der Waals surface area contributed by atoms with Gasteiger partial charge in [0, 0.05) is 19.3 Å². The van der Waals surface area contributed by atoms with E-state index >= 15 is 0 Å². The van der Waals surface area contributed by atoms with Crippen LogP contribution in [0.25, 0.3) is 0 Å². The van der Waals surface area contributed by atoms with E-state index in [1.807, 2.05) is 12.2 Å². The molecule has 0 radical (unpaired) electrons. The number of hydrogen-bond donors (Lipinski definition) is 0. The standard InChI is InChI=1S/C43H73NO7/c1-6-8-10-12-14-15-16-17-18-19-20-21-22-23-24-25-26-28-29-31-33-41(45)50-38-39(37-49-36-35-40(43(47)48)44(3,4)5)51-42(46)34-32-30-27-13-11-9-7-2/h8-11,14-15,17-18,27,30,39-40H,6-7,12-13,16,19-26,28-29,31-38H2,1-5H3/b10-8+,11-9+,15-14+,18-17+,30-27+. The largest absolute Gasteiger partial charge is 0.544 e. The van der Waals surface area contributed by atoms with E-state index in [4.69, 9.17) is 14.2 Å². The normalized spacial score (nSPS) is 13.7. The summed E-state index contributed by atoms with van der Waals surface area (Å²) in [5.74, 6) is -1.84. The van der Waals surface area contributed by atoms with Gasteiger partial charge in [-0.25, -0.2) is 0 Å². The molecule has 0 aliphatic carbocycles. The summed E-state index contributed by atoms with van der Waals surface area (Å²) in [6, 6.07) is -0.735. The number of aliphatic carboxylic acids is 1. The summed E-state index contributed by atoms with van der Waals surface area (Å²) in [6.45, 7) is 4.31. The van der Waals surface area contributed by atoms with E-state index in [1.165, 1.54) is 51.4 Å². The highest BCUT2D eigenvalue weighted by molar-refractivity contribution is 5.70. The Morgan fingerprint density at radius 1 is 0.588 bits per heavy atom. The Balaban J connectivity index is 4.24. The molecule has 2 atom stereocenters. The highest BCUT2D eigenvalue weighted by atomic mass is 16.6. The molecule has 51 heavy (non-hydrogen) atoms. The number of likely N-dealkylation sites (N-methyl/N-ethyl adjacent to an activating group) is 1. The number of carbonyl (C=O) groups excluding carboxylic acids is 3. The van der Waals surface area contributed by atoms with Crippen molar-refractivity contribution in [3.8, 4) is 0 Å². The van der Waals surface area contributed by atoms with Crippen LogP contribution in [0.4, 0.5) is 0 Å². The molecule has 8 heteroatoms. The van der Waals surface area contributed by atoms with E-state index in [9.17, 15) is 19.5 Å². The zero-order valence-corrected chi connectivity index (χ0v) is 33.0. The van der Waals surface area contributed by atoms with E-state index < -0.39 is 24.1 Å². The minimum atomic E-state index is -1.14. The van der Waals surface area contributed by atoms with Gasteiger partial charge in [0.1, 0.15) is 12.6 Å². The minimum absolute atomic E-state index is 0.0140. The molecule has 2 unspecified atom stereocenters. The van der Waals surface area contributed by atoms with Crippen LogP contribution >= 0.6 is 0 Å². The number of unbranched alkanes of at least 4 members (excludes halogenated alkanes) is 10. The van der Waals surface area contributed by atoms with Crippen molar-refractivity contribution < 1.29 is 38.2 Å². The van der Waals surface area contributed by atoms with Crippen LogP contribution in [-0.2, 0) is 28.6 Å². The summed E-state index contributed by atoms with van der Waals surface area (Å²) in [5, 5.41) is 11.6. The van der Waals surface area contributed by atoms with E-state index in [1.54, 1.807) is 21.1 Å². The molecule has 0 saturated carbocycles.